The molecule has 26 heavy (non-hydrogen) atoms. The average Bonchev–Trinajstić information content (AvgIpc) is 2.93. The standard InChI is InChI=1S/C18H12F2N2O3S/c1-25-16(23)10-15-17(24)22(14-8-4-12(20)5-9-14)18(26-15)21-13-6-2-11(19)3-7-13/h2-10H,1H3/b15-10-,21-18?. The van der Waals surface area contributed by atoms with Gasteiger partial charge in [-0.3, -0.25) is 9.69 Å². The first kappa shape index (κ1) is 17.8. The highest BCUT2D eigenvalue weighted by molar-refractivity contribution is 8.19. The lowest BCUT2D eigenvalue weighted by molar-refractivity contribution is -0.135. The molecule has 1 fully saturated rings. The second-order valence-corrected chi connectivity index (χ2v) is 6.13. The van der Waals surface area contributed by atoms with Crippen LogP contribution in [0.3, 0.4) is 0 Å². The summed E-state index contributed by atoms with van der Waals surface area (Å²) in [5, 5.41) is 0.253. The Balaban J connectivity index is 2.04. The Bertz CT molecular complexity index is 909. The molecule has 2 aromatic carbocycles. The lowest BCUT2D eigenvalue weighted by Crippen LogP contribution is -2.28. The number of anilines is 1. The lowest BCUT2D eigenvalue weighted by atomic mass is 10.3. The number of ether oxygens (including phenoxy) is 1. The van der Waals surface area contributed by atoms with E-state index >= 15 is 0 Å². The highest BCUT2D eigenvalue weighted by atomic mass is 32.2. The van der Waals surface area contributed by atoms with Gasteiger partial charge in [-0.05, 0) is 60.3 Å². The molecule has 1 heterocycles. The van der Waals surface area contributed by atoms with Crippen LogP contribution in [-0.4, -0.2) is 24.2 Å². The minimum atomic E-state index is -0.678. The van der Waals surface area contributed by atoms with Gasteiger partial charge in [0.2, 0.25) is 0 Å². The number of benzene rings is 2. The van der Waals surface area contributed by atoms with Gasteiger partial charge in [0.05, 0.1) is 23.4 Å². The van der Waals surface area contributed by atoms with Crippen LogP contribution in [0.1, 0.15) is 0 Å². The van der Waals surface area contributed by atoms with Crippen LogP contribution in [0.25, 0.3) is 0 Å². The molecule has 0 saturated carbocycles. The van der Waals surface area contributed by atoms with Crippen LogP contribution in [0.2, 0.25) is 0 Å². The maximum Gasteiger partial charge on any atom is 0.331 e. The molecule has 1 aliphatic heterocycles. The molecular weight excluding hydrogens is 362 g/mol. The number of amidine groups is 1. The summed E-state index contributed by atoms with van der Waals surface area (Å²) >= 11 is 0.968. The van der Waals surface area contributed by atoms with E-state index in [1.54, 1.807) is 0 Å². The molecule has 1 saturated heterocycles. The normalized spacial score (nSPS) is 17.2. The third-order valence-electron chi connectivity index (χ3n) is 3.39. The van der Waals surface area contributed by atoms with Gasteiger partial charge in [0.1, 0.15) is 11.6 Å². The van der Waals surface area contributed by atoms with Gasteiger partial charge in [-0.1, -0.05) is 0 Å². The van der Waals surface area contributed by atoms with Crippen molar-refractivity contribution in [3.63, 3.8) is 0 Å². The summed E-state index contributed by atoms with van der Waals surface area (Å²) in [4.78, 5) is 29.9. The van der Waals surface area contributed by atoms with Crippen molar-refractivity contribution in [3.8, 4) is 0 Å². The van der Waals surface area contributed by atoms with E-state index in [-0.39, 0.29) is 10.1 Å². The van der Waals surface area contributed by atoms with E-state index in [0.717, 1.165) is 17.8 Å². The summed E-state index contributed by atoms with van der Waals surface area (Å²) in [6, 6.07) is 10.7. The molecule has 0 bridgehead atoms. The molecule has 0 radical (unpaired) electrons. The van der Waals surface area contributed by atoms with Crippen LogP contribution in [0.5, 0.6) is 0 Å². The van der Waals surface area contributed by atoms with Crippen molar-refractivity contribution < 1.29 is 23.1 Å². The molecule has 2 aromatic rings. The van der Waals surface area contributed by atoms with E-state index in [9.17, 15) is 18.4 Å². The van der Waals surface area contributed by atoms with Crippen LogP contribution < -0.4 is 4.90 Å². The number of hydrogen-bond acceptors (Lipinski definition) is 5. The van der Waals surface area contributed by atoms with Crippen LogP contribution in [-0.2, 0) is 14.3 Å². The minimum Gasteiger partial charge on any atom is -0.466 e. The minimum absolute atomic E-state index is 0.113. The predicted molar refractivity (Wildman–Crippen MR) is 95.1 cm³/mol. The zero-order valence-corrected chi connectivity index (χ0v) is 14.3. The van der Waals surface area contributed by atoms with Gasteiger partial charge >= 0.3 is 5.97 Å². The predicted octanol–water partition coefficient (Wildman–Crippen LogP) is 3.79. The Hall–Kier alpha value is -3.00. The van der Waals surface area contributed by atoms with Crippen LogP contribution in [0, 0.1) is 11.6 Å². The third-order valence-corrected chi connectivity index (χ3v) is 4.36. The fourth-order valence-electron chi connectivity index (χ4n) is 2.16. The number of amides is 1. The van der Waals surface area contributed by atoms with Crippen LogP contribution in [0.4, 0.5) is 20.2 Å². The molecule has 0 aromatic heterocycles. The smallest absolute Gasteiger partial charge is 0.331 e. The SMILES string of the molecule is COC(=O)/C=C1\SC(=Nc2ccc(F)cc2)N(c2ccc(F)cc2)C1=O. The Morgan fingerprint density at radius 1 is 1.08 bits per heavy atom. The van der Waals surface area contributed by atoms with Crippen LogP contribution >= 0.6 is 11.8 Å². The van der Waals surface area contributed by atoms with Crippen LogP contribution in [0.15, 0.2) is 64.5 Å². The highest BCUT2D eigenvalue weighted by Gasteiger charge is 2.35. The second-order valence-electron chi connectivity index (χ2n) is 5.12. The molecular formula is C18H12F2N2O3S. The van der Waals surface area contributed by atoms with Gasteiger partial charge in [0.15, 0.2) is 5.17 Å². The quantitative estimate of drug-likeness (QED) is 0.606. The van der Waals surface area contributed by atoms with E-state index in [1.165, 1.54) is 60.5 Å². The number of hydrogen-bond donors (Lipinski definition) is 0. The Labute approximate surface area is 152 Å². The van der Waals surface area contributed by atoms with E-state index < -0.39 is 23.5 Å². The van der Waals surface area contributed by atoms with Crippen molar-refractivity contribution >= 4 is 40.2 Å². The van der Waals surface area contributed by atoms with E-state index in [4.69, 9.17) is 0 Å². The Kier molecular flexibility index (Phi) is 5.13. The summed E-state index contributed by atoms with van der Waals surface area (Å²) in [6.07, 6.45) is 1.07. The topological polar surface area (TPSA) is 59.0 Å². The van der Waals surface area contributed by atoms with Gasteiger partial charge in [0, 0.05) is 6.08 Å². The molecule has 8 heteroatoms. The summed E-state index contributed by atoms with van der Waals surface area (Å²) in [7, 11) is 1.20. The number of halogens is 2. The van der Waals surface area contributed by atoms with Crippen molar-refractivity contribution in [2.45, 2.75) is 0 Å². The first-order chi connectivity index (χ1) is 12.5. The van der Waals surface area contributed by atoms with Crippen molar-refractivity contribution in [1.29, 1.82) is 0 Å². The highest BCUT2D eigenvalue weighted by Crippen LogP contribution is 2.36. The summed E-state index contributed by atoms with van der Waals surface area (Å²) in [6.45, 7) is 0. The number of rotatable bonds is 3. The number of nitrogens with zero attached hydrogens (tertiary/aromatic N) is 2. The second kappa shape index (κ2) is 7.49. The summed E-state index contributed by atoms with van der Waals surface area (Å²) in [5.41, 5.74) is 0.811. The van der Waals surface area contributed by atoms with Gasteiger partial charge < -0.3 is 4.74 Å². The number of carbonyl (C=O) groups is 2. The van der Waals surface area contributed by atoms with Crippen molar-refractivity contribution in [1.82, 2.24) is 0 Å². The molecule has 132 valence electrons. The van der Waals surface area contributed by atoms with Gasteiger partial charge in [-0.2, -0.15) is 0 Å². The molecule has 0 unspecified atom stereocenters. The average molecular weight is 374 g/mol. The largest absolute Gasteiger partial charge is 0.466 e. The Morgan fingerprint density at radius 3 is 2.23 bits per heavy atom. The number of aliphatic imine (C=N–C) groups is 1. The van der Waals surface area contributed by atoms with Gasteiger partial charge in [-0.25, -0.2) is 18.6 Å². The zero-order valence-electron chi connectivity index (χ0n) is 13.5. The molecule has 0 aliphatic carbocycles. The molecule has 1 amide bonds. The lowest BCUT2D eigenvalue weighted by Gasteiger charge is -2.15. The fraction of sp³-hybridized carbons (Fsp3) is 0.0556. The number of methoxy groups -OCH3 is 1. The zero-order chi connectivity index (χ0) is 18.7. The van der Waals surface area contributed by atoms with Gasteiger partial charge in [0.25, 0.3) is 5.91 Å². The summed E-state index contributed by atoms with van der Waals surface area (Å²) in [5.74, 6) is -2.03. The molecule has 0 spiro atoms. The maximum atomic E-state index is 13.2. The van der Waals surface area contributed by atoms with Crippen molar-refractivity contribution in [2.24, 2.45) is 4.99 Å². The monoisotopic (exact) mass is 374 g/mol. The number of esters is 1. The summed E-state index contributed by atoms with van der Waals surface area (Å²) < 4.78 is 30.8. The molecule has 5 nitrogen and oxygen atoms in total. The van der Waals surface area contributed by atoms with E-state index in [1.807, 2.05) is 0 Å². The molecule has 1 aliphatic rings. The van der Waals surface area contributed by atoms with E-state index in [0.29, 0.717) is 11.4 Å². The van der Waals surface area contributed by atoms with Crippen molar-refractivity contribution in [3.05, 3.63) is 71.1 Å². The number of carbonyl (C=O) groups excluding carboxylic acids is 2. The molecule has 3 rings (SSSR count). The molecule has 0 atom stereocenters. The number of thioether (sulfide) groups is 1. The molecule has 0 N–H and O–H groups in total. The fourth-order valence-corrected chi connectivity index (χ4v) is 3.12. The Morgan fingerprint density at radius 2 is 1.65 bits per heavy atom. The van der Waals surface area contributed by atoms with Crippen molar-refractivity contribution in [2.75, 3.05) is 12.0 Å². The third kappa shape index (κ3) is 3.80. The van der Waals surface area contributed by atoms with E-state index in [2.05, 4.69) is 9.73 Å². The van der Waals surface area contributed by atoms with Gasteiger partial charge in [-0.15, -0.1) is 0 Å². The first-order valence-corrected chi connectivity index (χ1v) is 8.21. The maximum absolute atomic E-state index is 13.2. The first-order valence-electron chi connectivity index (χ1n) is 7.39.